The van der Waals surface area contributed by atoms with Crippen molar-refractivity contribution in [3.05, 3.63) is 29.8 Å². The van der Waals surface area contributed by atoms with Crippen molar-refractivity contribution in [2.24, 2.45) is 4.99 Å². The topological polar surface area (TPSA) is 64.1 Å². The highest BCUT2D eigenvalue weighted by molar-refractivity contribution is 14.0. The van der Waals surface area contributed by atoms with Crippen LogP contribution in [-0.4, -0.2) is 52.1 Å². The molecule has 1 aliphatic rings. The van der Waals surface area contributed by atoms with Gasteiger partial charge in [0.15, 0.2) is 5.96 Å². The van der Waals surface area contributed by atoms with E-state index in [9.17, 15) is 8.78 Å². The number of nitrogens with zero attached hydrogens (tertiary/aromatic N) is 1. The van der Waals surface area contributed by atoms with Gasteiger partial charge in [0, 0.05) is 32.3 Å². The Balaban J connectivity index is 0.00000338. The first-order chi connectivity index (χ1) is 12.2. The van der Waals surface area contributed by atoms with E-state index in [4.69, 9.17) is 9.47 Å². The summed E-state index contributed by atoms with van der Waals surface area (Å²) in [6.07, 6.45) is 2.36. The van der Waals surface area contributed by atoms with E-state index in [0.29, 0.717) is 37.8 Å². The van der Waals surface area contributed by atoms with E-state index in [1.54, 1.807) is 25.2 Å². The Labute approximate surface area is 169 Å². The minimum atomic E-state index is -2.85. The lowest BCUT2D eigenvalue weighted by atomic mass is 10.2. The smallest absolute Gasteiger partial charge is 0.387 e. The van der Waals surface area contributed by atoms with Crippen LogP contribution in [0.1, 0.15) is 18.4 Å². The molecule has 1 fully saturated rings. The van der Waals surface area contributed by atoms with Gasteiger partial charge in [-0.15, -0.1) is 24.0 Å². The molecule has 1 aliphatic heterocycles. The van der Waals surface area contributed by atoms with Crippen molar-refractivity contribution < 1.29 is 23.0 Å². The molecule has 0 saturated carbocycles. The van der Waals surface area contributed by atoms with E-state index >= 15 is 0 Å². The molecule has 0 amide bonds. The molecule has 1 atom stereocenters. The quantitative estimate of drug-likeness (QED) is 0.244. The highest BCUT2D eigenvalue weighted by Crippen LogP contribution is 2.19. The van der Waals surface area contributed by atoms with E-state index in [1.165, 1.54) is 6.07 Å². The summed E-state index contributed by atoms with van der Waals surface area (Å²) in [5, 5.41) is 6.17. The number of para-hydroxylation sites is 1. The maximum atomic E-state index is 12.4. The molecule has 1 unspecified atom stereocenters. The first-order valence-electron chi connectivity index (χ1n) is 8.35. The normalized spacial score (nSPS) is 17.1. The van der Waals surface area contributed by atoms with E-state index in [1.807, 2.05) is 0 Å². The number of aliphatic imine (C=N–C) groups is 1. The largest absolute Gasteiger partial charge is 0.434 e. The van der Waals surface area contributed by atoms with Crippen LogP contribution in [0.25, 0.3) is 0 Å². The van der Waals surface area contributed by atoms with Gasteiger partial charge < -0.3 is 24.8 Å². The van der Waals surface area contributed by atoms with E-state index in [2.05, 4.69) is 20.4 Å². The van der Waals surface area contributed by atoms with Crippen LogP contribution in [0.5, 0.6) is 5.75 Å². The molecule has 0 bridgehead atoms. The zero-order valence-electron chi connectivity index (χ0n) is 14.7. The third-order valence-corrected chi connectivity index (χ3v) is 3.73. The zero-order chi connectivity index (χ0) is 17.9. The fraction of sp³-hybridized carbons (Fsp3) is 0.588. The predicted molar refractivity (Wildman–Crippen MR) is 106 cm³/mol. The molecule has 26 heavy (non-hydrogen) atoms. The number of hydrogen-bond donors (Lipinski definition) is 2. The second-order valence-corrected chi connectivity index (χ2v) is 5.55. The minimum Gasteiger partial charge on any atom is -0.434 e. The molecule has 1 heterocycles. The van der Waals surface area contributed by atoms with Gasteiger partial charge in [0.1, 0.15) is 5.75 Å². The molecule has 0 aliphatic carbocycles. The van der Waals surface area contributed by atoms with Crippen molar-refractivity contribution >= 4 is 29.9 Å². The third-order valence-electron chi connectivity index (χ3n) is 3.73. The summed E-state index contributed by atoms with van der Waals surface area (Å²) < 4.78 is 40.4. The highest BCUT2D eigenvalue weighted by Gasteiger charge is 2.15. The van der Waals surface area contributed by atoms with Crippen molar-refractivity contribution in [3.8, 4) is 5.75 Å². The number of alkyl halides is 2. The molecule has 6 nitrogen and oxygen atoms in total. The van der Waals surface area contributed by atoms with Crippen LogP contribution in [0.4, 0.5) is 8.78 Å². The van der Waals surface area contributed by atoms with Crippen LogP contribution >= 0.6 is 24.0 Å². The van der Waals surface area contributed by atoms with Crippen molar-refractivity contribution in [1.82, 2.24) is 10.6 Å². The number of hydrogen-bond acceptors (Lipinski definition) is 4. The molecule has 0 aromatic heterocycles. The molecule has 1 aromatic rings. The average molecular weight is 485 g/mol. The second-order valence-electron chi connectivity index (χ2n) is 5.55. The van der Waals surface area contributed by atoms with Crippen LogP contribution < -0.4 is 15.4 Å². The summed E-state index contributed by atoms with van der Waals surface area (Å²) in [6, 6.07) is 6.66. The standard InChI is InChI=1S/C17H25F2N3O3.HI/c1-20-17(21-8-10-23-12-14-6-4-9-24-14)22-11-13-5-2-3-7-15(13)25-16(18)19;/h2-3,5,7,14,16H,4,6,8-12H2,1H3,(H2,20,21,22);1H. The first-order valence-corrected chi connectivity index (χ1v) is 8.35. The monoisotopic (exact) mass is 485 g/mol. The van der Waals surface area contributed by atoms with E-state index in [-0.39, 0.29) is 35.8 Å². The summed E-state index contributed by atoms with van der Waals surface area (Å²) in [6.45, 7) is 0.0117. The first kappa shape index (κ1) is 22.8. The molecule has 148 valence electrons. The lowest BCUT2D eigenvalue weighted by molar-refractivity contribution is -0.0504. The number of halogens is 3. The summed E-state index contributed by atoms with van der Waals surface area (Å²) >= 11 is 0. The lowest BCUT2D eigenvalue weighted by Crippen LogP contribution is -2.38. The maximum absolute atomic E-state index is 12.4. The van der Waals surface area contributed by atoms with Crippen LogP contribution in [0.3, 0.4) is 0 Å². The number of ether oxygens (including phenoxy) is 3. The second kappa shape index (κ2) is 13.0. The minimum absolute atomic E-state index is 0. The van der Waals surface area contributed by atoms with Gasteiger partial charge in [0.2, 0.25) is 0 Å². The van der Waals surface area contributed by atoms with Gasteiger partial charge in [-0.25, -0.2) is 0 Å². The molecular formula is C17H26F2IN3O3. The van der Waals surface area contributed by atoms with Gasteiger partial charge in [-0.1, -0.05) is 18.2 Å². The summed E-state index contributed by atoms with van der Waals surface area (Å²) in [5.41, 5.74) is 0.625. The molecule has 1 aromatic carbocycles. The molecule has 0 spiro atoms. The van der Waals surface area contributed by atoms with Gasteiger partial charge in [-0.3, -0.25) is 4.99 Å². The van der Waals surface area contributed by atoms with Crippen LogP contribution in [0.2, 0.25) is 0 Å². The van der Waals surface area contributed by atoms with Gasteiger partial charge >= 0.3 is 6.61 Å². The summed E-state index contributed by atoms with van der Waals surface area (Å²) in [5.74, 6) is 0.716. The highest BCUT2D eigenvalue weighted by atomic mass is 127. The Morgan fingerprint density at radius 2 is 2.15 bits per heavy atom. The van der Waals surface area contributed by atoms with Crippen LogP contribution in [0.15, 0.2) is 29.3 Å². The number of benzene rings is 1. The summed E-state index contributed by atoms with van der Waals surface area (Å²) in [4.78, 5) is 4.09. The van der Waals surface area contributed by atoms with Crippen molar-refractivity contribution in [2.75, 3.05) is 33.4 Å². The molecule has 2 N–H and O–H groups in total. The predicted octanol–water partition coefficient (Wildman–Crippen LogP) is 2.77. The third kappa shape index (κ3) is 8.45. The number of rotatable bonds is 9. The Morgan fingerprint density at radius 3 is 2.85 bits per heavy atom. The number of nitrogens with one attached hydrogen (secondary N) is 2. The number of guanidine groups is 1. The van der Waals surface area contributed by atoms with Gasteiger partial charge in [0.05, 0.1) is 19.3 Å². The SMILES string of the molecule is CN=C(NCCOCC1CCCO1)NCc1ccccc1OC(F)F.I. The average Bonchev–Trinajstić information content (AvgIpc) is 3.11. The van der Waals surface area contributed by atoms with Gasteiger partial charge in [-0.2, -0.15) is 8.78 Å². The Morgan fingerprint density at radius 1 is 1.35 bits per heavy atom. The molecular weight excluding hydrogens is 459 g/mol. The molecule has 0 radical (unpaired) electrons. The molecule has 1 saturated heterocycles. The lowest BCUT2D eigenvalue weighted by Gasteiger charge is -2.15. The van der Waals surface area contributed by atoms with Crippen LogP contribution in [0, 0.1) is 0 Å². The zero-order valence-corrected chi connectivity index (χ0v) is 17.1. The van der Waals surface area contributed by atoms with E-state index in [0.717, 1.165) is 19.4 Å². The van der Waals surface area contributed by atoms with E-state index < -0.39 is 6.61 Å². The Bertz CT molecular complexity index is 544. The van der Waals surface area contributed by atoms with Crippen molar-refractivity contribution in [3.63, 3.8) is 0 Å². The van der Waals surface area contributed by atoms with Gasteiger partial charge in [-0.05, 0) is 18.9 Å². The van der Waals surface area contributed by atoms with Gasteiger partial charge in [0.25, 0.3) is 0 Å². The van der Waals surface area contributed by atoms with Crippen LogP contribution in [-0.2, 0) is 16.0 Å². The van der Waals surface area contributed by atoms with Crippen molar-refractivity contribution in [1.29, 1.82) is 0 Å². The Hall–Kier alpha value is -1.20. The fourth-order valence-corrected chi connectivity index (χ4v) is 2.49. The fourth-order valence-electron chi connectivity index (χ4n) is 2.49. The molecule has 9 heteroatoms. The maximum Gasteiger partial charge on any atom is 0.387 e. The Kier molecular flexibility index (Phi) is 11.5. The van der Waals surface area contributed by atoms with Crippen molar-refractivity contribution in [2.45, 2.75) is 32.1 Å². The summed E-state index contributed by atoms with van der Waals surface area (Å²) in [7, 11) is 1.64. The molecule has 2 rings (SSSR count).